The Labute approximate surface area is 105 Å². The van der Waals surface area contributed by atoms with Crippen molar-refractivity contribution >= 4 is 5.69 Å². The lowest BCUT2D eigenvalue weighted by molar-refractivity contribution is 0.287. The molecule has 0 unspecified atom stereocenters. The summed E-state index contributed by atoms with van der Waals surface area (Å²) in [6, 6.07) is 2.92. The molecule has 96 valence electrons. The lowest BCUT2D eigenvalue weighted by atomic mass is 10.2. The van der Waals surface area contributed by atoms with E-state index in [-0.39, 0.29) is 5.75 Å². The molecule has 2 N–H and O–H groups in total. The molecule has 0 saturated heterocycles. The molecule has 1 aromatic heterocycles. The number of nitrogens with zero attached hydrogens (tertiary/aromatic N) is 2. The quantitative estimate of drug-likeness (QED) is 0.654. The van der Waals surface area contributed by atoms with Crippen LogP contribution in [-0.4, -0.2) is 16.2 Å². The summed E-state index contributed by atoms with van der Waals surface area (Å²) in [4.78, 5) is 3.94. The van der Waals surface area contributed by atoms with Crippen LogP contribution in [0.2, 0.25) is 0 Å². The summed E-state index contributed by atoms with van der Waals surface area (Å²) in [5, 5.41) is 0. The van der Waals surface area contributed by atoms with Crippen molar-refractivity contribution in [1.29, 1.82) is 0 Å². The van der Waals surface area contributed by atoms with Crippen LogP contribution in [0, 0.1) is 12.7 Å². The van der Waals surface area contributed by atoms with Gasteiger partial charge in [0.2, 0.25) is 0 Å². The fraction of sp³-hybridized carbons (Fsp3) is 0.308. The molecule has 18 heavy (non-hydrogen) atoms. The highest BCUT2D eigenvalue weighted by atomic mass is 19.1. The minimum absolute atomic E-state index is 0.257. The van der Waals surface area contributed by atoms with Gasteiger partial charge in [0.15, 0.2) is 11.6 Å². The Morgan fingerprint density at radius 3 is 3.00 bits per heavy atom. The number of imidazole rings is 1. The van der Waals surface area contributed by atoms with Gasteiger partial charge in [-0.05, 0) is 25.0 Å². The van der Waals surface area contributed by atoms with Crippen molar-refractivity contribution in [1.82, 2.24) is 9.55 Å². The number of hydrogen-bond donors (Lipinski definition) is 1. The fourth-order valence-electron chi connectivity index (χ4n) is 1.63. The maximum absolute atomic E-state index is 13.5. The molecule has 5 heteroatoms. The average molecular weight is 249 g/mol. The molecular weight excluding hydrogens is 233 g/mol. The van der Waals surface area contributed by atoms with Crippen LogP contribution in [0.25, 0.3) is 0 Å². The second kappa shape index (κ2) is 5.53. The molecule has 2 aromatic rings. The first-order valence-electron chi connectivity index (χ1n) is 5.81. The molecule has 1 heterocycles. The lowest BCUT2D eigenvalue weighted by Gasteiger charge is -2.09. The highest BCUT2D eigenvalue weighted by Gasteiger charge is 2.06. The van der Waals surface area contributed by atoms with Crippen LogP contribution in [0.3, 0.4) is 0 Å². The number of rotatable bonds is 5. The van der Waals surface area contributed by atoms with Crippen LogP contribution in [0.5, 0.6) is 5.75 Å². The summed E-state index contributed by atoms with van der Waals surface area (Å²) < 4.78 is 20.9. The summed E-state index contributed by atoms with van der Waals surface area (Å²) in [7, 11) is 0. The predicted molar refractivity (Wildman–Crippen MR) is 67.9 cm³/mol. The molecule has 0 atom stereocenters. The van der Waals surface area contributed by atoms with Crippen molar-refractivity contribution in [3.63, 3.8) is 0 Å². The number of nitrogen functional groups attached to an aromatic ring is 1. The van der Waals surface area contributed by atoms with Gasteiger partial charge in [-0.15, -0.1) is 0 Å². The fourth-order valence-corrected chi connectivity index (χ4v) is 1.63. The van der Waals surface area contributed by atoms with Crippen LogP contribution >= 0.6 is 0 Å². The first-order chi connectivity index (χ1) is 8.66. The monoisotopic (exact) mass is 249 g/mol. The molecule has 0 spiro atoms. The van der Waals surface area contributed by atoms with Crippen LogP contribution in [0.15, 0.2) is 30.9 Å². The van der Waals surface area contributed by atoms with Crippen molar-refractivity contribution in [3.05, 3.63) is 42.2 Å². The first kappa shape index (κ1) is 12.4. The molecule has 0 amide bonds. The van der Waals surface area contributed by atoms with E-state index in [9.17, 15) is 4.39 Å². The Balaban J connectivity index is 1.85. The zero-order valence-corrected chi connectivity index (χ0v) is 10.3. The van der Waals surface area contributed by atoms with Crippen molar-refractivity contribution in [2.75, 3.05) is 12.3 Å². The largest absolute Gasteiger partial charge is 0.490 e. The molecular formula is C13H16FN3O. The average Bonchev–Trinajstić information content (AvgIpc) is 2.84. The van der Waals surface area contributed by atoms with E-state index < -0.39 is 5.82 Å². The van der Waals surface area contributed by atoms with Gasteiger partial charge in [-0.3, -0.25) is 0 Å². The van der Waals surface area contributed by atoms with Crippen molar-refractivity contribution in [2.24, 2.45) is 0 Å². The smallest absolute Gasteiger partial charge is 0.167 e. The van der Waals surface area contributed by atoms with E-state index in [1.807, 2.05) is 17.7 Å². The molecule has 0 aliphatic heterocycles. The predicted octanol–water partition coefficient (Wildman–Crippen LogP) is 2.38. The summed E-state index contributed by atoms with van der Waals surface area (Å²) in [5.74, 6) is -0.159. The van der Waals surface area contributed by atoms with Gasteiger partial charge in [0.1, 0.15) is 0 Å². The van der Waals surface area contributed by atoms with E-state index in [1.165, 1.54) is 6.07 Å². The number of aromatic nitrogens is 2. The molecule has 0 saturated carbocycles. The summed E-state index contributed by atoms with van der Waals surface area (Å²) in [5.41, 5.74) is 6.87. The van der Waals surface area contributed by atoms with Crippen molar-refractivity contribution in [2.45, 2.75) is 19.9 Å². The third-order valence-electron chi connectivity index (χ3n) is 2.70. The van der Waals surface area contributed by atoms with Crippen molar-refractivity contribution in [3.8, 4) is 5.75 Å². The lowest BCUT2D eigenvalue weighted by Crippen LogP contribution is -2.05. The third kappa shape index (κ3) is 3.00. The highest BCUT2D eigenvalue weighted by molar-refractivity contribution is 5.50. The molecule has 1 aromatic carbocycles. The van der Waals surface area contributed by atoms with Crippen LogP contribution in [-0.2, 0) is 6.54 Å². The summed E-state index contributed by atoms with van der Waals surface area (Å²) in [6.45, 7) is 3.08. The van der Waals surface area contributed by atoms with Gasteiger partial charge in [0, 0.05) is 30.7 Å². The van der Waals surface area contributed by atoms with Gasteiger partial charge in [0.05, 0.1) is 12.9 Å². The third-order valence-corrected chi connectivity index (χ3v) is 2.70. The topological polar surface area (TPSA) is 53.1 Å². The van der Waals surface area contributed by atoms with E-state index >= 15 is 0 Å². The van der Waals surface area contributed by atoms with E-state index in [0.717, 1.165) is 18.5 Å². The second-order valence-electron chi connectivity index (χ2n) is 4.14. The van der Waals surface area contributed by atoms with E-state index in [1.54, 1.807) is 18.6 Å². The van der Waals surface area contributed by atoms with Gasteiger partial charge < -0.3 is 15.0 Å². The Morgan fingerprint density at radius 1 is 1.44 bits per heavy atom. The number of halogens is 1. The minimum atomic E-state index is -0.416. The van der Waals surface area contributed by atoms with E-state index in [0.29, 0.717) is 12.3 Å². The Kier molecular flexibility index (Phi) is 3.82. The normalized spacial score (nSPS) is 10.6. The van der Waals surface area contributed by atoms with Gasteiger partial charge in [-0.1, -0.05) is 0 Å². The molecule has 2 rings (SSSR count). The molecule has 4 nitrogen and oxygen atoms in total. The SMILES string of the molecule is Cc1cc(OCCCn2ccnc2)c(F)cc1N. The zero-order chi connectivity index (χ0) is 13.0. The summed E-state index contributed by atoms with van der Waals surface area (Å²) in [6.07, 6.45) is 6.14. The van der Waals surface area contributed by atoms with E-state index in [4.69, 9.17) is 10.5 Å². The Bertz CT molecular complexity index is 511. The Hall–Kier alpha value is -2.04. The maximum Gasteiger partial charge on any atom is 0.167 e. The van der Waals surface area contributed by atoms with Gasteiger partial charge in [-0.25, -0.2) is 9.37 Å². The van der Waals surface area contributed by atoms with Crippen molar-refractivity contribution < 1.29 is 9.13 Å². The van der Waals surface area contributed by atoms with Crippen LogP contribution in [0.4, 0.5) is 10.1 Å². The molecule has 0 aliphatic carbocycles. The van der Waals surface area contributed by atoms with Gasteiger partial charge in [0.25, 0.3) is 0 Å². The molecule has 0 bridgehead atoms. The van der Waals surface area contributed by atoms with E-state index in [2.05, 4.69) is 4.98 Å². The molecule has 0 aliphatic rings. The number of nitrogens with two attached hydrogens (primary N) is 1. The standard InChI is InChI=1S/C13H16FN3O/c1-10-7-13(11(14)8-12(10)15)18-6-2-4-17-5-3-16-9-17/h3,5,7-9H,2,4,6,15H2,1H3. The number of anilines is 1. The summed E-state index contributed by atoms with van der Waals surface area (Å²) >= 11 is 0. The maximum atomic E-state index is 13.5. The van der Waals surface area contributed by atoms with Gasteiger partial charge in [-0.2, -0.15) is 0 Å². The number of hydrogen-bond acceptors (Lipinski definition) is 3. The zero-order valence-electron chi connectivity index (χ0n) is 10.3. The minimum Gasteiger partial charge on any atom is -0.490 e. The number of ether oxygens (including phenoxy) is 1. The van der Waals surface area contributed by atoms with Crippen LogP contribution < -0.4 is 10.5 Å². The van der Waals surface area contributed by atoms with Gasteiger partial charge >= 0.3 is 0 Å². The number of aryl methyl sites for hydroxylation is 2. The second-order valence-corrected chi connectivity index (χ2v) is 4.14. The first-order valence-corrected chi connectivity index (χ1v) is 5.81. The number of benzene rings is 1. The molecule has 0 radical (unpaired) electrons. The highest BCUT2D eigenvalue weighted by Crippen LogP contribution is 2.23. The Morgan fingerprint density at radius 2 is 2.28 bits per heavy atom. The van der Waals surface area contributed by atoms with Crippen LogP contribution in [0.1, 0.15) is 12.0 Å². The molecule has 0 fully saturated rings.